The number of amides is 1. The van der Waals surface area contributed by atoms with Gasteiger partial charge in [-0.1, -0.05) is 6.92 Å². The highest BCUT2D eigenvalue weighted by atomic mass is 16.1. The molecule has 0 aliphatic heterocycles. The van der Waals surface area contributed by atoms with E-state index in [4.69, 9.17) is 16.9 Å². The summed E-state index contributed by atoms with van der Waals surface area (Å²) in [6.45, 7) is 5.26. The van der Waals surface area contributed by atoms with Gasteiger partial charge in [0.05, 0.1) is 5.84 Å². The summed E-state index contributed by atoms with van der Waals surface area (Å²) in [5.41, 5.74) is 11.8. The first-order valence-electron chi connectivity index (χ1n) is 5.80. The minimum atomic E-state index is -0.549. The zero-order valence-electron chi connectivity index (χ0n) is 10.7. The van der Waals surface area contributed by atoms with Crippen molar-refractivity contribution in [3.8, 4) is 0 Å². The fourth-order valence-corrected chi connectivity index (χ4v) is 1.60. The van der Waals surface area contributed by atoms with Gasteiger partial charge in [0.25, 0.3) is 5.91 Å². The molecule has 98 valence electrons. The van der Waals surface area contributed by atoms with Crippen LogP contribution in [0.15, 0.2) is 18.3 Å². The molecule has 0 fully saturated rings. The number of hydrogen-bond acceptors (Lipinski definition) is 4. The number of nitrogens with one attached hydrogen (secondary N) is 1. The van der Waals surface area contributed by atoms with E-state index < -0.39 is 5.91 Å². The third-order valence-corrected chi connectivity index (χ3v) is 2.77. The van der Waals surface area contributed by atoms with Crippen molar-refractivity contribution in [1.29, 1.82) is 5.41 Å². The van der Waals surface area contributed by atoms with Gasteiger partial charge in [0.15, 0.2) is 0 Å². The van der Waals surface area contributed by atoms with Crippen LogP contribution in [0.5, 0.6) is 0 Å². The molecule has 18 heavy (non-hydrogen) atoms. The van der Waals surface area contributed by atoms with E-state index in [0.717, 1.165) is 12.2 Å². The lowest BCUT2D eigenvalue weighted by Crippen LogP contribution is -2.34. The predicted molar refractivity (Wildman–Crippen MR) is 71.7 cm³/mol. The van der Waals surface area contributed by atoms with Crippen LogP contribution in [-0.2, 0) is 0 Å². The van der Waals surface area contributed by atoms with Crippen molar-refractivity contribution < 1.29 is 4.79 Å². The lowest BCUT2D eigenvalue weighted by molar-refractivity contribution is 0.0995. The molecule has 6 heteroatoms. The quantitative estimate of drug-likeness (QED) is 0.506. The first kappa shape index (κ1) is 14.0. The van der Waals surface area contributed by atoms with Crippen LogP contribution in [0.4, 0.5) is 5.69 Å². The van der Waals surface area contributed by atoms with Crippen molar-refractivity contribution in [3.05, 3.63) is 24.0 Å². The van der Waals surface area contributed by atoms with Gasteiger partial charge in [-0.05, 0) is 19.1 Å². The van der Waals surface area contributed by atoms with Gasteiger partial charge in [-0.15, -0.1) is 0 Å². The molecule has 0 bridgehead atoms. The van der Waals surface area contributed by atoms with Gasteiger partial charge in [-0.3, -0.25) is 15.2 Å². The van der Waals surface area contributed by atoms with Crippen LogP contribution >= 0.6 is 0 Å². The number of carbonyl (C=O) groups excluding carboxylic acids is 1. The molecule has 0 aromatic carbocycles. The maximum absolute atomic E-state index is 11.1. The number of rotatable bonds is 6. The van der Waals surface area contributed by atoms with E-state index in [9.17, 15) is 4.79 Å². The van der Waals surface area contributed by atoms with Gasteiger partial charge in [0.1, 0.15) is 5.69 Å². The SMILES string of the molecule is CCN(CC(C)C(=N)N)c1ccnc(C(N)=O)c1. The van der Waals surface area contributed by atoms with Gasteiger partial charge in [0.2, 0.25) is 0 Å². The van der Waals surface area contributed by atoms with Crippen molar-refractivity contribution in [3.63, 3.8) is 0 Å². The Hall–Kier alpha value is -2.11. The second kappa shape index (κ2) is 6.00. The number of aromatic nitrogens is 1. The van der Waals surface area contributed by atoms with Crippen LogP contribution in [0.2, 0.25) is 0 Å². The summed E-state index contributed by atoms with van der Waals surface area (Å²) in [6, 6.07) is 3.46. The molecule has 1 heterocycles. The summed E-state index contributed by atoms with van der Waals surface area (Å²) in [5, 5.41) is 7.41. The van der Waals surface area contributed by atoms with Crippen molar-refractivity contribution in [1.82, 2.24) is 4.98 Å². The van der Waals surface area contributed by atoms with Gasteiger partial charge in [-0.25, -0.2) is 0 Å². The van der Waals surface area contributed by atoms with Crippen molar-refractivity contribution in [2.45, 2.75) is 13.8 Å². The first-order valence-corrected chi connectivity index (χ1v) is 5.80. The number of amidine groups is 1. The van der Waals surface area contributed by atoms with E-state index in [0.29, 0.717) is 6.54 Å². The van der Waals surface area contributed by atoms with Gasteiger partial charge < -0.3 is 16.4 Å². The number of hydrogen-bond donors (Lipinski definition) is 3. The maximum Gasteiger partial charge on any atom is 0.267 e. The maximum atomic E-state index is 11.1. The van der Waals surface area contributed by atoms with Crippen LogP contribution in [0.25, 0.3) is 0 Å². The molecule has 0 saturated carbocycles. The minimum absolute atomic E-state index is 0.0462. The molecule has 6 nitrogen and oxygen atoms in total. The summed E-state index contributed by atoms with van der Waals surface area (Å²) in [4.78, 5) is 17.0. The normalized spacial score (nSPS) is 11.9. The molecule has 0 aliphatic carbocycles. The van der Waals surface area contributed by atoms with Crippen molar-refractivity contribution >= 4 is 17.4 Å². The van der Waals surface area contributed by atoms with Crippen LogP contribution < -0.4 is 16.4 Å². The zero-order chi connectivity index (χ0) is 13.7. The Morgan fingerprint density at radius 2 is 2.22 bits per heavy atom. The molecule has 5 N–H and O–H groups in total. The second-order valence-corrected chi connectivity index (χ2v) is 4.16. The van der Waals surface area contributed by atoms with E-state index in [1.54, 1.807) is 12.3 Å². The molecule has 0 aliphatic rings. The van der Waals surface area contributed by atoms with Crippen LogP contribution in [0.1, 0.15) is 24.3 Å². The topological polar surface area (TPSA) is 109 Å². The molecule has 0 radical (unpaired) electrons. The molecule has 1 unspecified atom stereocenters. The predicted octanol–water partition coefficient (Wildman–Crippen LogP) is 0.579. The lowest BCUT2D eigenvalue weighted by Gasteiger charge is -2.26. The molecule has 1 aromatic rings. The third-order valence-electron chi connectivity index (χ3n) is 2.77. The fourth-order valence-electron chi connectivity index (χ4n) is 1.60. The number of primary amides is 1. The summed E-state index contributed by atoms with van der Waals surface area (Å²) < 4.78 is 0. The number of nitrogens with two attached hydrogens (primary N) is 2. The number of nitrogens with zero attached hydrogens (tertiary/aromatic N) is 2. The standard InChI is InChI=1S/C12H19N5O/c1-3-17(7-8(2)11(13)14)9-4-5-16-10(6-9)12(15)18/h4-6,8H,3,7H2,1-2H3,(H3,13,14)(H2,15,18). The zero-order valence-corrected chi connectivity index (χ0v) is 10.7. The van der Waals surface area contributed by atoms with E-state index >= 15 is 0 Å². The molecule has 1 rings (SSSR count). The summed E-state index contributed by atoms with van der Waals surface area (Å²) in [7, 11) is 0. The largest absolute Gasteiger partial charge is 0.387 e. The Kier molecular flexibility index (Phi) is 4.65. The van der Waals surface area contributed by atoms with Gasteiger partial charge in [0, 0.05) is 30.9 Å². The Morgan fingerprint density at radius 3 is 2.72 bits per heavy atom. The van der Waals surface area contributed by atoms with E-state index in [2.05, 4.69) is 4.98 Å². The smallest absolute Gasteiger partial charge is 0.267 e. The number of anilines is 1. The van der Waals surface area contributed by atoms with Gasteiger partial charge >= 0.3 is 0 Å². The minimum Gasteiger partial charge on any atom is -0.387 e. The average molecular weight is 249 g/mol. The highest BCUT2D eigenvalue weighted by Gasteiger charge is 2.13. The van der Waals surface area contributed by atoms with E-state index in [-0.39, 0.29) is 17.4 Å². The molecular formula is C12H19N5O. The van der Waals surface area contributed by atoms with E-state index in [1.165, 1.54) is 0 Å². The summed E-state index contributed by atoms with van der Waals surface area (Å²) in [6.07, 6.45) is 1.55. The monoisotopic (exact) mass is 249 g/mol. The molecular weight excluding hydrogens is 230 g/mol. The van der Waals surface area contributed by atoms with Crippen LogP contribution in [0, 0.1) is 11.3 Å². The Morgan fingerprint density at radius 1 is 1.56 bits per heavy atom. The Labute approximate surface area is 106 Å². The number of carbonyl (C=O) groups is 1. The van der Waals surface area contributed by atoms with E-state index in [1.807, 2.05) is 24.8 Å². The van der Waals surface area contributed by atoms with Gasteiger partial charge in [-0.2, -0.15) is 0 Å². The first-order chi connectivity index (χ1) is 8.45. The lowest BCUT2D eigenvalue weighted by atomic mass is 10.1. The van der Waals surface area contributed by atoms with Crippen molar-refractivity contribution in [2.24, 2.45) is 17.4 Å². The Bertz CT molecular complexity index is 446. The molecule has 1 amide bonds. The molecule has 1 atom stereocenters. The summed E-state index contributed by atoms with van der Waals surface area (Å²) in [5.74, 6) is -0.444. The van der Waals surface area contributed by atoms with Crippen LogP contribution in [-0.4, -0.2) is 29.8 Å². The fraction of sp³-hybridized carbons (Fsp3) is 0.417. The number of pyridine rings is 1. The van der Waals surface area contributed by atoms with Crippen molar-refractivity contribution in [2.75, 3.05) is 18.0 Å². The highest BCUT2D eigenvalue weighted by molar-refractivity contribution is 5.91. The Balaban J connectivity index is 2.91. The average Bonchev–Trinajstić information content (AvgIpc) is 2.35. The molecule has 0 saturated heterocycles. The summed E-state index contributed by atoms with van der Waals surface area (Å²) >= 11 is 0. The van der Waals surface area contributed by atoms with Crippen LogP contribution in [0.3, 0.4) is 0 Å². The molecule has 0 spiro atoms. The second-order valence-electron chi connectivity index (χ2n) is 4.16. The third kappa shape index (κ3) is 3.44. The molecule has 1 aromatic heterocycles. The highest BCUT2D eigenvalue weighted by Crippen LogP contribution is 2.16.